The average Bonchev–Trinajstić information content (AvgIpc) is 2.03. The smallest absolute Gasteiger partial charge is 0.180 e. The summed E-state index contributed by atoms with van der Waals surface area (Å²) in [4.78, 5) is 0. The van der Waals surface area contributed by atoms with E-state index in [9.17, 15) is 0 Å². The van der Waals surface area contributed by atoms with E-state index in [1.807, 2.05) is 6.08 Å². The molecule has 1 atom stereocenters. The van der Waals surface area contributed by atoms with Crippen molar-refractivity contribution < 1.29 is 9.16 Å². The molecule has 0 aliphatic heterocycles. The fraction of sp³-hybridized carbons (Fsp3) is 0.667. The van der Waals surface area contributed by atoms with Gasteiger partial charge in [0.1, 0.15) is 8.35 Å². The fourth-order valence-electron chi connectivity index (χ4n) is 0.660. The van der Waals surface area contributed by atoms with Crippen LogP contribution in [-0.4, -0.2) is 37.2 Å². The van der Waals surface area contributed by atoms with Gasteiger partial charge in [-0.2, -0.15) is 11.1 Å². The van der Waals surface area contributed by atoms with E-state index in [1.54, 1.807) is 7.11 Å². The van der Waals surface area contributed by atoms with Crippen molar-refractivity contribution in [2.45, 2.75) is 6.04 Å². The number of methoxy groups -OCH3 is 1. The van der Waals surface area contributed by atoms with Gasteiger partial charge >= 0.3 is 0 Å². The highest BCUT2D eigenvalue weighted by Gasteiger charge is 2.07. The lowest BCUT2D eigenvalue weighted by molar-refractivity contribution is 0.148. The highest BCUT2D eigenvalue weighted by Crippen LogP contribution is 1.95. The first-order chi connectivity index (χ1) is 5.35. The molecule has 11 heavy (non-hydrogen) atoms. The Morgan fingerprint density at radius 1 is 1.64 bits per heavy atom. The summed E-state index contributed by atoms with van der Waals surface area (Å²) in [5.41, 5.74) is 0. The van der Waals surface area contributed by atoms with Crippen molar-refractivity contribution in [2.24, 2.45) is 0 Å². The van der Waals surface area contributed by atoms with Gasteiger partial charge in [0.25, 0.3) is 0 Å². The van der Waals surface area contributed by atoms with Crippen LogP contribution in [0.2, 0.25) is 6.04 Å². The maximum absolute atomic E-state index is 5.81. The predicted octanol–water partition coefficient (Wildman–Crippen LogP) is 0.378. The third kappa shape index (κ3) is 6.77. The van der Waals surface area contributed by atoms with Crippen LogP contribution in [0.4, 0.5) is 0 Å². The lowest BCUT2D eigenvalue weighted by atomic mass is 10.8. The van der Waals surface area contributed by atoms with Crippen LogP contribution < -0.4 is 0 Å². The minimum atomic E-state index is -1.04. The molecule has 0 aliphatic rings. The van der Waals surface area contributed by atoms with Crippen molar-refractivity contribution in [3.8, 4) is 0 Å². The van der Waals surface area contributed by atoms with Gasteiger partial charge in [-0.15, -0.1) is 6.58 Å². The Labute approximate surface area is 76.6 Å². The van der Waals surface area contributed by atoms with Gasteiger partial charge in [-0.1, -0.05) is 6.08 Å². The maximum Gasteiger partial charge on any atom is 0.180 e. The van der Waals surface area contributed by atoms with Gasteiger partial charge in [-0.05, 0) is 6.04 Å². The molecule has 2 nitrogen and oxygen atoms in total. The van der Waals surface area contributed by atoms with Crippen LogP contribution >= 0.6 is 11.1 Å². The third-order valence-corrected chi connectivity index (χ3v) is 8.99. The van der Waals surface area contributed by atoms with Crippen LogP contribution in [0.5, 0.6) is 0 Å². The summed E-state index contributed by atoms with van der Waals surface area (Å²) in [5.74, 6) is 0. The Morgan fingerprint density at radius 2 is 2.36 bits per heavy atom. The van der Waals surface area contributed by atoms with Crippen LogP contribution in [0.1, 0.15) is 0 Å². The minimum absolute atomic E-state index is 0.449. The van der Waals surface area contributed by atoms with E-state index in [0.29, 0.717) is 13.2 Å². The molecule has 66 valence electrons. The first-order valence-corrected chi connectivity index (χ1v) is 10.3. The zero-order valence-corrected chi connectivity index (χ0v) is 10.2. The zero-order valence-electron chi connectivity index (χ0n) is 6.88. The normalized spacial score (nSPS) is 14.0. The molecule has 0 aromatic rings. The highest BCUT2D eigenvalue weighted by atomic mass is 35.6. The van der Waals surface area contributed by atoms with Crippen molar-refractivity contribution in [3.63, 3.8) is 0 Å². The van der Waals surface area contributed by atoms with Crippen molar-refractivity contribution >= 4 is 28.0 Å². The quantitative estimate of drug-likeness (QED) is 0.262. The fourth-order valence-corrected chi connectivity index (χ4v) is 5.60. The van der Waals surface area contributed by atoms with E-state index in [-0.39, 0.29) is 0 Å². The summed E-state index contributed by atoms with van der Waals surface area (Å²) in [6.45, 7) is 5.03. The molecule has 0 saturated heterocycles. The Morgan fingerprint density at radius 3 is 2.82 bits per heavy atom. The molecule has 0 aromatic heterocycles. The molecular formula is C6H15ClO2Si2. The van der Waals surface area contributed by atoms with E-state index < -0.39 is 16.9 Å². The molecule has 0 N–H and O–H groups in total. The zero-order chi connectivity index (χ0) is 8.53. The average molecular weight is 211 g/mol. The predicted molar refractivity (Wildman–Crippen MR) is 54.4 cm³/mol. The second-order valence-electron chi connectivity index (χ2n) is 2.16. The Balaban J connectivity index is 3.27. The number of halogens is 1. The first-order valence-electron chi connectivity index (χ1n) is 3.62. The van der Waals surface area contributed by atoms with Crippen molar-refractivity contribution in [1.82, 2.24) is 0 Å². The molecule has 0 spiro atoms. The molecule has 0 heterocycles. The second-order valence-corrected chi connectivity index (χ2v) is 11.0. The molecule has 1 unspecified atom stereocenters. The summed E-state index contributed by atoms with van der Waals surface area (Å²) in [6.07, 6.45) is 1.90. The monoisotopic (exact) mass is 210 g/mol. The number of hydrogen-bond donors (Lipinski definition) is 0. The number of allylic oxidation sites excluding steroid dienone is 1. The van der Waals surface area contributed by atoms with Gasteiger partial charge < -0.3 is 9.16 Å². The first kappa shape index (κ1) is 11.4. The van der Waals surface area contributed by atoms with Crippen LogP contribution in [0, 0.1) is 0 Å². The lowest BCUT2D eigenvalue weighted by Crippen LogP contribution is -2.24. The molecule has 0 bridgehead atoms. The van der Waals surface area contributed by atoms with E-state index in [1.165, 1.54) is 0 Å². The number of rotatable bonds is 7. The SMILES string of the molecule is C=CC[SiH](OCCOC)[SiH2]Cl. The van der Waals surface area contributed by atoms with Crippen LogP contribution in [0.3, 0.4) is 0 Å². The molecule has 0 saturated carbocycles. The number of ether oxygens (including phenoxy) is 1. The van der Waals surface area contributed by atoms with Gasteiger partial charge in [-0.25, -0.2) is 0 Å². The number of hydrogen-bond acceptors (Lipinski definition) is 2. The lowest BCUT2D eigenvalue weighted by Gasteiger charge is -2.10. The maximum atomic E-state index is 5.81. The second kappa shape index (κ2) is 8.48. The summed E-state index contributed by atoms with van der Waals surface area (Å²) >= 11 is 5.81. The standard InChI is InChI=1S/C6H15ClO2Si2/c1-3-6-11(10-7)9-5-4-8-2/h3,11H,1,4-6,10H2,2H3. The Hall–Kier alpha value is 0.384. The Kier molecular flexibility index (Phi) is 8.78. The summed E-state index contributed by atoms with van der Waals surface area (Å²) in [7, 11) is 0.185. The summed E-state index contributed by atoms with van der Waals surface area (Å²) in [5, 5.41) is 0. The van der Waals surface area contributed by atoms with E-state index in [0.717, 1.165) is 6.04 Å². The third-order valence-electron chi connectivity index (χ3n) is 1.24. The largest absolute Gasteiger partial charge is 0.420 e. The molecule has 5 heteroatoms. The van der Waals surface area contributed by atoms with Crippen molar-refractivity contribution in [2.75, 3.05) is 20.3 Å². The molecule has 0 fully saturated rings. The minimum Gasteiger partial charge on any atom is -0.420 e. The molecule has 0 aliphatic carbocycles. The van der Waals surface area contributed by atoms with Crippen LogP contribution in [0.25, 0.3) is 0 Å². The van der Waals surface area contributed by atoms with E-state index in [4.69, 9.17) is 20.2 Å². The van der Waals surface area contributed by atoms with Crippen LogP contribution in [0.15, 0.2) is 12.7 Å². The van der Waals surface area contributed by atoms with E-state index in [2.05, 4.69) is 6.58 Å². The molecule has 0 aromatic carbocycles. The summed E-state index contributed by atoms with van der Waals surface area (Å²) < 4.78 is 10.4. The highest BCUT2D eigenvalue weighted by molar-refractivity contribution is 7.31. The van der Waals surface area contributed by atoms with Crippen molar-refractivity contribution in [1.29, 1.82) is 0 Å². The summed E-state index contributed by atoms with van der Waals surface area (Å²) in [6, 6.07) is 0.999. The van der Waals surface area contributed by atoms with Gasteiger partial charge in [0, 0.05) is 7.11 Å². The molecular weight excluding hydrogens is 196 g/mol. The van der Waals surface area contributed by atoms with Crippen molar-refractivity contribution in [3.05, 3.63) is 12.7 Å². The van der Waals surface area contributed by atoms with Crippen LogP contribution in [-0.2, 0) is 9.16 Å². The Bertz CT molecular complexity index is 103. The molecule has 0 rings (SSSR count). The van der Waals surface area contributed by atoms with Gasteiger partial charge in [0.05, 0.1) is 13.2 Å². The van der Waals surface area contributed by atoms with Gasteiger partial charge in [0.15, 0.2) is 8.56 Å². The molecule has 0 radical (unpaired) electrons. The topological polar surface area (TPSA) is 18.5 Å². The van der Waals surface area contributed by atoms with E-state index >= 15 is 0 Å². The van der Waals surface area contributed by atoms with Gasteiger partial charge in [0.2, 0.25) is 0 Å². The van der Waals surface area contributed by atoms with Gasteiger partial charge in [-0.3, -0.25) is 0 Å². The molecule has 0 amide bonds.